The van der Waals surface area contributed by atoms with Crippen molar-refractivity contribution in [2.24, 2.45) is 5.73 Å². The zero-order valence-electron chi connectivity index (χ0n) is 17.6. The maximum Gasteiger partial charge on any atom is 0.239 e. The molecule has 0 aliphatic carbocycles. The van der Waals surface area contributed by atoms with Crippen LogP contribution in [-0.4, -0.2) is 66.4 Å². The van der Waals surface area contributed by atoms with Crippen molar-refractivity contribution in [2.45, 2.75) is 44.8 Å². The number of nitrogens with one attached hydrogen (secondary N) is 1. The number of fused-ring (bicyclic) bond motifs is 1. The van der Waals surface area contributed by atoms with Gasteiger partial charge in [-0.25, -0.2) is 0 Å². The molecule has 0 saturated carbocycles. The van der Waals surface area contributed by atoms with Gasteiger partial charge in [-0.3, -0.25) is 14.5 Å². The van der Waals surface area contributed by atoms with Crippen LogP contribution in [0.1, 0.15) is 25.8 Å². The highest BCUT2D eigenvalue weighted by molar-refractivity contribution is 5.85. The first-order chi connectivity index (χ1) is 13.9. The van der Waals surface area contributed by atoms with Crippen LogP contribution in [0.4, 0.5) is 0 Å². The first-order valence-corrected chi connectivity index (χ1v) is 10.4. The Kier molecular flexibility index (Phi) is 6.87. The van der Waals surface area contributed by atoms with Crippen LogP contribution in [-0.2, 0) is 16.0 Å². The van der Waals surface area contributed by atoms with E-state index < -0.39 is 6.04 Å². The average Bonchev–Trinajstić information content (AvgIpc) is 2.75. The predicted molar refractivity (Wildman–Crippen MR) is 117 cm³/mol. The molecular weight excluding hydrogens is 364 g/mol. The number of carbonyl (C=O) groups excluding carboxylic acids is 2. The summed E-state index contributed by atoms with van der Waals surface area (Å²) in [6.45, 7) is 5.76. The monoisotopic (exact) mass is 396 g/mol. The molecule has 1 aliphatic heterocycles. The van der Waals surface area contributed by atoms with Gasteiger partial charge >= 0.3 is 0 Å². The molecule has 3 N–H and O–H groups in total. The van der Waals surface area contributed by atoms with Gasteiger partial charge < -0.3 is 16.0 Å². The van der Waals surface area contributed by atoms with Crippen molar-refractivity contribution in [3.05, 3.63) is 48.0 Å². The lowest BCUT2D eigenvalue weighted by molar-refractivity contribution is -0.139. The average molecular weight is 397 g/mol. The van der Waals surface area contributed by atoms with Crippen LogP contribution in [0.5, 0.6) is 0 Å². The van der Waals surface area contributed by atoms with E-state index in [1.807, 2.05) is 17.0 Å². The Morgan fingerprint density at radius 2 is 1.90 bits per heavy atom. The van der Waals surface area contributed by atoms with Crippen LogP contribution in [0, 0.1) is 0 Å². The Bertz CT molecular complexity index is 867. The van der Waals surface area contributed by atoms with E-state index in [0.29, 0.717) is 26.1 Å². The van der Waals surface area contributed by atoms with Gasteiger partial charge in [0.25, 0.3) is 0 Å². The lowest BCUT2D eigenvalue weighted by Gasteiger charge is -2.44. The first-order valence-electron chi connectivity index (χ1n) is 10.4. The Labute approximate surface area is 173 Å². The van der Waals surface area contributed by atoms with Crippen LogP contribution in [0.15, 0.2) is 42.5 Å². The van der Waals surface area contributed by atoms with Gasteiger partial charge in [0.05, 0.1) is 12.1 Å². The number of nitrogens with two attached hydrogens (primary N) is 1. The molecule has 0 bridgehead atoms. The quantitative estimate of drug-likeness (QED) is 0.780. The Hall–Kier alpha value is -2.44. The number of nitrogens with zero attached hydrogens (tertiary/aromatic N) is 2. The van der Waals surface area contributed by atoms with Gasteiger partial charge in [-0.15, -0.1) is 0 Å². The number of carbonyl (C=O) groups is 2. The SMILES string of the molecule is CCC1CN(C(Cc2ccc3ccccc3c2)C(=O)NC)CCN1C(=O)C(C)N. The third-order valence-corrected chi connectivity index (χ3v) is 5.89. The van der Waals surface area contributed by atoms with E-state index in [0.717, 1.165) is 12.0 Å². The van der Waals surface area contributed by atoms with Crippen molar-refractivity contribution >= 4 is 22.6 Å². The lowest BCUT2D eigenvalue weighted by Crippen LogP contribution is -2.61. The van der Waals surface area contributed by atoms with Crippen molar-refractivity contribution in [1.82, 2.24) is 15.1 Å². The van der Waals surface area contributed by atoms with Crippen LogP contribution in [0.2, 0.25) is 0 Å². The third kappa shape index (κ3) is 4.77. The van der Waals surface area contributed by atoms with Crippen molar-refractivity contribution in [3.63, 3.8) is 0 Å². The molecule has 6 heteroatoms. The smallest absolute Gasteiger partial charge is 0.239 e. The van der Waals surface area contributed by atoms with E-state index >= 15 is 0 Å². The Morgan fingerprint density at radius 3 is 2.55 bits per heavy atom. The van der Waals surface area contributed by atoms with Crippen LogP contribution >= 0.6 is 0 Å². The van der Waals surface area contributed by atoms with Gasteiger partial charge in [-0.1, -0.05) is 49.4 Å². The summed E-state index contributed by atoms with van der Waals surface area (Å²) in [4.78, 5) is 29.3. The highest BCUT2D eigenvalue weighted by Crippen LogP contribution is 2.21. The maximum absolute atomic E-state index is 12.7. The molecule has 29 heavy (non-hydrogen) atoms. The van der Waals surface area contributed by atoms with Crippen LogP contribution in [0.25, 0.3) is 10.8 Å². The van der Waals surface area contributed by atoms with Crippen molar-refractivity contribution in [3.8, 4) is 0 Å². The normalized spacial score (nSPS) is 19.7. The van der Waals surface area contributed by atoms with E-state index in [1.165, 1.54) is 10.8 Å². The van der Waals surface area contributed by atoms with E-state index in [9.17, 15) is 9.59 Å². The second-order valence-electron chi connectivity index (χ2n) is 7.89. The van der Waals surface area contributed by atoms with Crippen LogP contribution in [0.3, 0.4) is 0 Å². The maximum atomic E-state index is 12.7. The van der Waals surface area contributed by atoms with E-state index in [4.69, 9.17) is 5.73 Å². The Balaban J connectivity index is 1.79. The second-order valence-corrected chi connectivity index (χ2v) is 7.89. The van der Waals surface area contributed by atoms with Crippen molar-refractivity contribution in [2.75, 3.05) is 26.7 Å². The molecule has 0 aromatic heterocycles. The zero-order valence-corrected chi connectivity index (χ0v) is 17.6. The minimum absolute atomic E-state index is 0.0116. The third-order valence-electron chi connectivity index (χ3n) is 5.89. The predicted octanol–water partition coefficient (Wildman–Crippen LogP) is 1.77. The largest absolute Gasteiger partial charge is 0.358 e. The lowest BCUT2D eigenvalue weighted by atomic mass is 9.98. The minimum Gasteiger partial charge on any atom is -0.358 e. The summed E-state index contributed by atoms with van der Waals surface area (Å²) in [6.07, 6.45) is 1.48. The number of rotatable bonds is 6. The molecule has 0 spiro atoms. The van der Waals surface area contributed by atoms with Gasteiger partial charge in [0, 0.05) is 32.7 Å². The molecule has 2 amide bonds. The molecule has 2 aromatic carbocycles. The molecule has 3 rings (SSSR count). The number of piperazine rings is 1. The highest BCUT2D eigenvalue weighted by Gasteiger charge is 2.35. The van der Waals surface area contributed by atoms with Crippen molar-refractivity contribution < 1.29 is 9.59 Å². The molecule has 3 unspecified atom stereocenters. The summed E-state index contributed by atoms with van der Waals surface area (Å²) in [5.41, 5.74) is 6.96. The summed E-state index contributed by atoms with van der Waals surface area (Å²) in [7, 11) is 1.68. The molecular formula is C23H32N4O2. The summed E-state index contributed by atoms with van der Waals surface area (Å²) in [5.74, 6) is 0.00232. The number of hydrogen-bond donors (Lipinski definition) is 2. The first kappa shape index (κ1) is 21.3. The van der Waals surface area contributed by atoms with Gasteiger partial charge in [-0.05, 0) is 36.1 Å². The van der Waals surface area contributed by atoms with Crippen LogP contribution < -0.4 is 11.1 Å². The number of hydrogen-bond acceptors (Lipinski definition) is 4. The molecule has 156 valence electrons. The fourth-order valence-electron chi connectivity index (χ4n) is 4.21. The molecule has 1 heterocycles. The molecule has 0 radical (unpaired) electrons. The topological polar surface area (TPSA) is 78.7 Å². The van der Waals surface area contributed by atoms with Crippen molar-refractivity contribution in [1.29, 1.82) is 0 Å². The summed E-state index contributed by atoms with van der Waals surface area (Å²) >= 11 is 0. The number of likely N-dealkylation sites (N-methyl/N-ethyl adjacent to an activating group) is 1. The van der Waals surface area contributed by atoms with Gasteiger partial charge in [0.2, 0.25) is 11.8 Å². The molecule has 6 nitrogen and oxygen atoms in total. The standard InChI is InChI=1S/C23H32N4O2/c1-4-20-15-26(11-12-27(20)23(29)16(2)24)21(22(28)25-3)14-17-9-10-18-7-5-6-8-19(18)13-17/h5-10,13,16,20-21H,4,11-12,14-15,24H2,1-3H3,(H,25,28). The summed E-state index contributed by atoms with van der Waals surface area (Å²) < 4.78 is 0. The number of benzene rings is 2. The molecule has 1 saturated heterocycles. The van der Waals surface area contributed by atoms with Gasteiger partial charge in [0.15, 0.2) is 0 Å². The number of amides is 2. The fourth-order valence-corrected chi connectivity index (χ4v) is 4.21. The van der Waals surface area contributed by atoms with Gasteiger partial charge in [-0.2, -0.15) is 0 Å². The van der Waals surface area contributed by atoms with Gasteiger partial charge in [0.1, 0.15) is 0 Å². The van der Waals surface area contributed by atoms with E-state index in [1.54, 1.807) is 14.0 Å². The molecule has 2 aromatic rings. The fraction of sp³-hybridized carbons (Fsp3) is 0.478. The zero-order chi connectivity index (χ0) is 21.0. The molecule has 1 aliphatic rings. The molecule has 3 atom stereocenters. The van der Waals surface area contributed by atoms with E-state index in [-0.39, 0.29) is 23.9 Å². The summed E-state index contributed by atoms with van der Waals surface area (Å²) in [5, 5.41) is 5.20. The Morgan fingerprint density at radius 1 is 1.17 bits per heavy atom. The summed E-state index contributed by atoms with van der Waals surface area (Å²) in [6, 6.07) is 13.9. The minimum atomic E-state index is -0.497. The highest BCUT2D eigenvalue weighted by atomic mass is 16.2. The second kappa shape index (κ2) is 9.37. The van der Waals surface area contributed by atoms with E-state index in [2.05, 4.69) is 47.5 Å². The molecule has 1 fully saturated rings.